The molecule has 0 atom stereocenters. The third-order valence-electron chi connectivity index (χ3n) is 2.88. The van der Waals surface area contributed by atoms with Crippen molar-refractivity contribution in [1.82, 2.24) is 10.2 Å². The summed E-state index contributed by atoms with van der Waals surface area (Å²) in [6.45, 7) is -0.597. The average molecular weight is 367 g/mol. The first-order chi connectivity index (χ1) is 11.0. The minimum Gasteiger partial charge on any atom is -0.352 e. The van der Waals surface area contributed by atoms with Gasteiger partial charge in [0.15, 0.2) is 0 Å². The summed E-state index contributed by atoms with van der Waals surface area (Å²) in [5, 5.41) is 2.58. The molecule has 0 saturated heterocycles. The summed E-state index contributed by atoms with van der Waals surface area (Å²) in [6, 6.07) is 5.92. The maximum atomic E-state index is 12.2. The summed E-state index contributed by atoms with van der Waals surface area (Å²) in [6.07, 6.45) is -2.89. The van der Waals surface area contributed by atoms with E-state index in [0.29, 0.717) is 6.42 Å². The lowest BCUT2D eigenvalue weighted by Gasteiger charge is -2.18. The topological polar surface area (TPSA) is 78.5 Å². The van der Waals surface area contributed by atoms with Crippen LogP contribution in [0.3, 0.4) is 0 Å². The molecule has 0 bridgehead atoms. The fourth-order valence-electron chi connectivity index (χ4n) is 1.98. The van der Waals surface area contributed by atoms with E-state index in [9.17, 15) is 26.4 Å². The van der Waals surface area contributed by atoms with E-state index in [1.807, 2.05) is 0 Å². The molecule has 0 aromatic heterocycles. The van der Waals surface area contributed by atoms with Crippen LogP contribution in [0.5, 0.6) is 0 Å². The highest BCUT2D eigenvalue weighted by molar-refractivity contribution is 7.92. The van der Waals surface area contributed by atoms with Crippen molar-refractivity contribution in [2.24, 2.45) is 0 Å². The number of nitrogens with one attached hydrogen (secondary N) is 2. The van der Waals surface area contributed by atoms with Gasteiger partial charge in [-0.05, 0) is 38.2 Å². The highest BCUT2D eigenvalue weighted by atomic mass is 32.2. The van der Waals surface area contributed by atoms with Crippen LogP contribution in [0.4, 0.5) is 18.9 Å². The Morgan fingerprint density at radius 3 is 2.54 bits per heavy atom. The molecule has 0 aliphatic carbocycles. The minimum absolute atomic E-state index is 0.190. The summed E-state index contributed by atoms with van der Waals surface area (Å²) < 4.78 is 61.1. The zero-order chi connectivity index (χ0) is 18.4. The van der Waals surface area contributed by atoms with Crippen molar-refractivity contribution in [1.29, 1.82) is 0 Å². The van der Waals surface area contributed by atoms with Gasteiger partial charge in [0.05, 0.1) is 12.8 Å². The Bertz CT molecular complexity index is 663. The number of halogens is 3. The lowest BCUT2D eigenvalue weighted by Crippen LogP contribution is -2.33. The number of carbonyl (C=O) groups is 1. The first-order valence-corrected chi connectivity index (χ1v) is 8.97. The summed E-state index contributed by atoms with van der Waals surface area (Å²) >= 11 is 0. The van der Waals surface area contributed by atoms with Crippen LogP contribution in [0.15, 0.2) is 24.3 Å². The first-order valence-electron chi connectivity index (χ1n) is 7.07. The number of sulfonamides is 1. The van der Waals surface area contributed by atoms with E-state index < -0.39 is 28.7 Å². The second kappa shape index (κ2) is 8.34. The molecule has 0 unspecified atom stereocenters. The lowest BCUT2D eigenvalue weighted by atomic mass is 10.2. The second-order valence-electron chi connectivity index (χ2n) is 5.42. The van der Waals surface area contributed by atoms with Gasteiger partial charge in [-0.1, -0.05) is 6.07 Å². The predicted molar refractivity (Wildman–Crippen MR) is 85.4 cm³/mol. The summed E-state index contributed by atoms with van der Waals surface area (Å²) in [5.41, 5.74) is 0.516. The molecule has 0 radical (unpaired) electrons. The summed E-state index contributed by atoms with van der Waals surface area (Å²) in [4.78, 5) is 13.1. The molecule has 136 valence electrons. The largest absolute Gasteiger partial charge is 0.401 e. The number of alkyl halides is 3. The molecule has 1 aromatic rings. The Kier molecular flexibility index (Phi) is 7.03. The van der Waals surface area contributed by atoms with Crippen LogP contribution in [0.25, 0.3) is 0 Å². The molecule has 0 aliphatic rings. The van der Waals surface area contributed by atoms with E-state index in [1.54, 1.807) is 0 Å². The van der Waals surface area contributed by atoms with Crippen LogP contribution in [-0.4, -0.2) is 58.3 Å². The van der Waals surface area contributed by atoms with Gasteiger partial charge in [-0.2, -0.15) is 13.2 Å². The number of amides is 1. The molecular formula is C14H20F3N3O3S. The van der Waals surface area contributed by atoms with Gasteiger partial charge < -0.3 is 5.32 Å². The highest BCUT2D eigenvalue weighted by Crippen LogP contribution is 2.15. The molecule has 0 spiro atoms. The number of hydrogen-bond acceptors (Lipinski definition) is 4. The maximum absolute atomic E-state index is 12.2. The molecule has 1 rings (SSSR count). The van der Waals surface area contributed by atoms with Crippen molar-refractivity contribution in [3.63, 3.8) is 0 Å². The Hall–Kier alpha value is -1.81. The Labute approximate surface area is 139 Å². The normalized spacial score (nSPS) is 12.2. The van der Waals surface area contributed by atoms with Crippen LogP contribution in [-0.2, 0) is 10.0 Å². The number of benzene rings is 1. The molecule has 24 heavy (non-hydrogen) atoms. The molecule has 2 N–H and O–H groups in total. The third kappa shape index (κ3) is 8.73. The summed E-state index contributed by atoms with van der Waals surface area (Å²) in [7, 11) is -2.09. The summed E-state index contributed by atoms with van der Waals surface area (Å²) in [5.74, 6) is -0.425. The van der Waals surface area contributed by atoms with Crippen molar-refractivity contribution in [3.05, 3.63) is 29.8 Å². The third-order valence-corrected chi connectivity index (χ3v) is 3.49. The fourth-order valence-corrected chi connectivity index (χ4v) is 2.53. The van der Waals surface area contributed by atoms with Crippen molar-refractivity contribution in [2.75, 3.05) is 37.7 Å². The van der Waals surface area contributed by atoms with Gasteiger partial charge in [-0.3, -0.25) is 14.4 Å². The minimum atomic E-state index is -4.24. The molecule has 0 heterocycles. The molecule has 1 amide bonds. The van der Waals surface area contributed by atoms with Gasteiger partial charge >= 0.3 is 6.18 Å². The first kappa shape index (κ1) is 20.2. The molecule has 0 saturated carbocycles. The van der Waals surface area contributed by atoms with E-state index >= 15 is 0 Å². The molecule has 1 aromatic carbocycles. The van der Waals surface area contributed by atoms with Crippen LogP contribution in [0.2, 0.25) is 0 Å². The van der Waals surface area contributed by atoms with Crippen molar-refractivity contribution in [3.8, 4) is 0 Å². The molecule has 10 heteroatoms. The zero-order valence-electron chi connectivity index (χ0n) is 13.4. The van der Waals surface area contributed by atoms with E-state index in [0.717, 1.165) is 11.2 Å². The van der Waals surface area contributed by atoms with Gasteiger partial charge in [-0.15, -0.1) is 0 Å². The van der Waals surface area contributed by atoms with E-state index in [1.165, 1.54) is 31.3 Å². The number of anilines is 1. The van der Waals surface area contributed by atoms with Crippen molar-refractivity contribution < 1.29 is 26.4 Å². The standard InChI is InChI=1S/C14H20F3N3O3S/c1-20(10-14(15,16)17)8-4-7-18-13(21)11-5-3-6-12(9-11)19-24(2,22)23/h3,5-6,9,19H,4,7-8,10H2,1-2H3,(H,18,21). The van der Waals surface area contributed by atoms with Gasteiger partial charge in [0.25, 0.3) is 5.91 Å². The zero-order valence-corrected chi connectivity index (χ0v) is 14.2. The number of rotatable bonds is 8. The van der Waals surface area contributed by atoms with Crippen molar-refractivity contribution >= 4 is 21.6 Å². The molecular weight excluding hydrogens is 347 g/mol. The Morgan fingerprint density at radius 1 is 1.29 bits per heavy atom. The second-order valence-corrected chi connectivity index (χ2v) is 7.17. The average Bonchev–Trinajstić information content (AvgIpc) is 2.40. The van der Waals surface area contributed by atoms with E-state index in [2.05, 4.69) is 10.0 Å². The number of carbonyl (C=O) groups excluding carboxylic acids is 1. The van der Waals surface area contributed by atoms with E-state index in [-0.39, 0.29) is 24.3 Å². The van der Waals surface area contributed by atoms with Crippen LogP contribution in [0.1, 0.15) is 16.8 Å². The maximum Gasteiger partial charge on any atom is 0.401 e. The van der Waals surface area contributed by atoms with Crippen LogP contribution < -0.4 is 10.0 Å². The number of nitrogens with zero attached hydrogens (tertiary/aromatic N) is 1. The SMILES string of the molecule is CN(CCCNC(=O)c1cccc(NS(C)(=O)=O)c1)CC(F)(F)F. The highest BCUT2D eigenvalue weighted by Gasteiger charge is 2.28. The van der Waals surface area contributed by atoms with Gasteiger partial charge in [-0.25, -0.2) is 8.42 Å². The van der Waals surface area contributed by atoms with Crippen LogP contribution >= 0.6 is 0 Å². The van der Waals surface area contributed by atoms with Crippen molar-refractivity contribution in [2.45, 2.75) is 12.6 Å². The molecule has 0 fully saturated rings. The quantitative estimate of drug-likeness (QED) is 0.685. The van der Waals surface area contributed by atoms with Crippen LogP contribution in [0, 0.1) is 0 Å². The van der Waals surface area contributed by atoms with Gasteiger partial charge in [0.1, 0.15) is 0 Å². The molecule has 6 nitrogen and oxygen atoms in total. The Balaban J connectivity index is 2.45. The molecule has 0 aliphatic heterocycles. The smallest absolute Gasteiger partial charge is 0.352 e. The van der Waals surface area contributed by atoms with Gasteiger partial charge in [0.2, 0.25) is 10.0 Å². The predicted octanol–water partition coefficient (Wildman–Crippen LogP) is 1.67. The lowest BCUT2D eigenvalue weighted by molar-refractivity contribution is -0.143. The monoisotopic (exact) mass is 367 g/mol. The van der Waals surface area contributed by atoms with Gasteiger partial charge in [0, 0.05) is 17.8 Å². The fraction of sp³-hybridized carbons (Fsp3) is 0.500. The number of hydrogen-bond donors (Lipinski definition) is 2. The van der Waals surface area contributed by atoms with E-state index in [4.69, 9.17) is 0 Å². The Morgan fingerprint density at radius 2 is 1.96 bits per heavy atom.